The van der Waals surface area contributed by atoms with Crippen LogP contribution in [0.2, 0.25) is 0 Å². The summed E-state index contributed by atoms with van der Waals surface area (Å²) in [5.74, 6) is 0. The minimum Gasteiger partial charge on any atom is -0.361 e. The molecule has 0 bridgehead atoms. The molecule has 1 nitrogen and oxygen atoms in total. The first-order valence-corrected chi connectivity index (χ1v) is 5.73. The summed E-state index contributed by atoms with van der Waals surface area (Å²) in [6, 6.07) is 18.8. The van der Waals surface area contributed by atoms with Crippen LogP contribution in [0.15, 0.2) is 66.9 Å². The van der Waals surface area contributed by atoms with E-state index in [1.54, 1.807) is 0 Å². The van der Waals surface area contributed by atoms with Crippen LogP contribution >= 0.6 is 0 Å². The molecule has 17 heavy (non-hydrogen) atoms. The topological polar surface area (TPSA) is 12.0 Å². The lowest BCUT2D eigenvalue weighted by Crippen LogP contribution is -2.29. The largest absolute Gasteiger partial charge is 0.361 e. The molecular formula is C16H13N. The van der Waals surface area contributed by atoms with Crippen molar-refractivity contribution in [2.75, 3.05) is 0 Å². The van der Waals surface area contributed by atoms with E-state index in [0.717, 1.165) is 5.70 Å². The number of benzene rings is 2. The fourth-order valence-corrected chi connectivity index (χ4v) is 2.07. The first-order valence-electron chi connectivity index (χ1n) is 5.73. The molecule has 82 valence electrons. The van der Waals surface area contributed by atoms with Gasteiger partial charge in [-0.25, -0.2) is 0 Å². The van der Waals surface area contributed by atoms with Gasteiger partial charge in [0.1, 0.15) is 0 Å². The minimum absolute atomic E-state index is 1.16. The second-order valence-electron chi connectivity index (χ2n) is 4.00. The Morgan fingerprint density at radius 1 is 0.765 bits per heavy atom. The molecule has 2 aromatic rings. The van der Waals surface area contributed by atoms with Gasteiger partial charge in [0, 0.05) is 11.4 Å². The molecule has 0 radical (unpaired) electrons. The lowest BCUT2D eigenvalue weighted by molar-refractivity contribution is 1.20. The lowest BCUT2D eigenvalue weighted by Gasteiger charge is -2.07. The van der Waals surface area contributed by atoms with Crippen molar-refractivity contribution in [2.45, 2.75) is 0 Å². The van der Waals surface area contributed by atoms with Crippen molar-refractivity contribution in [1.82, 2.24) is 5.32 Å². The van der Waals surface area contributed by atoms with Gasteiger partial charge in [-0.1, -0.05) is 60.7 Å². The maximum absolute atomic E-state index is 3.36. The zero-order valence-electron chi connectivity index (χ0n) is 9.43. The molecule has 0 fully saturated rings. The van der Waals surface area contributed by atoms with Gasteiger partial charge in [-0.15, -0.1) is 0 Å². The second-order valence-corrected chi connectivity index (χ2v) is 4.00. The molecule has 1 aliphatic heterocycles. The number of rotatable bonds is 1. The van der Waals surface area contributed by atoms with Gasteiger partial charge in [0.05, 0.1) is 5.70 Å². The lowest BCUT2D eigenvalue weighted by atomic mass is 10.1. The quantitative estimate of drug-likeness (QED) is 0.770. The van der Waals surface area contributed by atoms with E-state index in [9.17, 15) is 0 Å². The predicted octanol–water partition coefficient (Wildman–Crippen LogP) is 1.74. The highest BCUT2D eigenvalue weighted by atomic mass is 14.8. The Morgan fingerprint density at radius 3 is 2.41 bits per heavy atom. The first-order chi connectivity index (χ1) is 8.45. The molecular weight excluding hydrogens is 206 g/mol. The minimum atomic E-state index is 1.16. The van der Waals surface area contributed by atoms with E-state index in [-0.39, 0.29) is 0 Å². The third-order valence-electron chi connectivity index (χ3n) is 2.89. The van der Waals surface area contributed by atoms with Crippen LogP contribution in [0.1, 0.15) is 5.56 Å². The molecule has 1 heteroatoms. The SMILES string of the molecule is C1=CNC(c2ccccc2)=c2ccccc2=C1. The highest BCUT2D eigenvalue weighted by molar-refractivity contribution is 5.66. The maximum atomic E-state index is 3.36. The Bertz CT molecular complexity index is 666. The molecule has 1 aliphatic rings. The molecule has 0 amide bonds. The van der Waals surface area contributed by atoms with Gasteiger partial charge in [0.25, 0.3) is 0 Å². The van der Waals surface area contributed by atoms with Gasteiger partial charge >= 0.3 is 0 Å². The van der Waals surface area contributed by atoms with Crippen LogP contribution in [0.4, 0.5) is 0 Å². The highest BCUT2D eigenvalue weighted by Gasteiger charge is 2.02. The summed E-state index contributed by atoms with van der Waals surface area (Å²) in [7, 11) is 0. The second kappa shape index (κ2) is 4.30. The number of hydrogen-bond acceptors (Lipinski definition) is 1. The Labute approximate surface area is 100 Å². The van der Waals surface area contributed by atoms with Gasteiger partial charge in [0.2, 0.25) is 0 Å². The van der Waals surface area contributed by atoms with Crippen LogP contribution in [0.5, 0.6) is 0 Å². The van der Waals surface area contributed by atoms with Crippen LogP contribution < -0.4 is 15.8 Å². The van der Waals surface area contributed by atoms with Gasteiger partial charge in [-0.05, 0) is 16.9 Å². The van der Waals surface area contributed by atoms with Crippen molar-refractivity contribution in [2.24, 2.45) is 0 Å². The van der Waals surface area contributed by atoms with Crippen LogP contribution in [0.25, 0.3) is 11.8 Å². The molecule has 0 atom stereocenters. The van der Waals surface area contributed by atoms with Crippen LogP contribution in [-0.2, 0) is 0 Å². The summed E-state index contributed by atoms with van der Waals surface area (Å²) < 4.78 is 0. The highest BCUT2D eigenvalue weighted by Crippen LogP contribution is 2.07. The molecule has 0 aliphatic carbocycles. The summed E-state index contributed by atoms with van der Waals surface area (Å²) in [5.41, 5.74) is 2.37. The Balaban J connectivity index is 2.36. The van der Waals surface area contributed by atoms with E-state index < -0.39 is 0 Å². The molecule has 0 saturated heterocycles. The van der Waals surface area contributed by atoms with Gasteiger partial charge in [-0.2, -0.15) is 0 Å². The van der Waals surface area contributed by atoms with Crippen LogP contribution in [0.3, 0.4) is 0 Å². The zero-order chi connectivity index (χ0) is 11.5. The average Bonchev–Trinajstić information content (AvgIpc) is 2.62. The molecule has 3 rings (SSSR count). The van der Waals surface area contributed by atoms with Crippen molar-refractivity contribution < 1.29 is 0 Å². The molecule has 0 unspecified atom stereocenters. The first kappa shape index (κ1) is 9.91. The summed E-state index contributed by atoms with van der Waals surface area (Å²) in [4.78, 5) is 0. The summed E-state index contributed by atoms with van der Waals surface area (Å²) in [6.07, 6.45) is 6.13. The van der Waals surface area contributed by atoms with Crippen molar-refractivity contribution >= 4 is 11.8 Å². The summed E-state index contributed by atoms with van der Waals surface area (Å²) in [6.45, 7) is 0. The van der Waals surface area contributed by atoms with Crippen molar-refractivity contribution in [3.05, 3.63) is 82.9 Å². The van der Waals surface area contributed by atoms with Crippen LogP contribution in [0, 0.1) is 0 Å². The summed E-state index contributed by atoms with van der Waals surface area (Å²) >= 11 is 0. The maximum Gasteiger partial charge on any atom is 0.0533 e. The fraction of sp³-hybridized carbons (Fsp3) is 0. The average molecular weight is 219 g/mol. The monoisotopic (exact) mass is 219 g/mol. The summed E-state index contributed by atoms with van der Waals surface area (Å²) in [5, 5.41) is 5.84. The Hall–Kier alpha value is -2.28. The van der Waals surface area contributed by atoms with E-state index in [0.29, 0.717) is 0 Å². The number of fused-ring (bicyclic) bond motifs is 1. The van der Waals surface area contributed by atoms with Crippen molar-refractivity contribution in [1.29, 1.82) is 0 Å². The number of allylic oxidation sites excluding steroid dienone is 1. The Kier molecular flexibility index (Phi) is 2.51. The molecule has 0 saturated carbocycles. The zero-order valence-corrected chi connectivity index (χ0v) is 9.43. The third-order valence-corrected chi connectivity index (χ3v) is 2.89. The number of nitrogens with one attached hydrogen (secondary N) is 1. The molecule has 1 N–H and O–H groups in total. The number of hydrogen-bond donors (Lipinski definition) is 1. The van der Waals surface area contributed by atoms with Gasteiger partial charge < -0.3 is 5.32 Å². The van der Waals surface area contributed by atoms with E-state index in [2.05, 4.69) is 59.9 Å². The van der Waals surface area contributed by atoms with E-state index in [1.165, 1.54) is 16.0 Å². The van der Waals surface area contributed by atoms with Crippen LogP contribution in [-0.4, -0.2) is 0 Å². The molecule has 2 aromatic carbocycles. The molecule has 0 spiro atoms. The van der Waals surface area contributed by atoms with Gasteiger partial charge in [0.15, 0.2) is 0 Å². The van der Waals surface area contributed by atoms with Crippen molar-refractivity contribution in [3.8, 4) is 0 Å². The molecule has 0 aromatic heterocycles. The van der Waals surface area contributed by atoms with E-state index in [4.69, 9.17) is 0 Å². The smallest absolute Gasteiger partial charge is 0.0533 e. The Morgan fingerprint density at radius 2 is 1.53 bits per heavy atom. The van der Waals surface area contributed by atoms with E-state index in [1.807, 2.05) is 18.3 Å². The standard InChI is InChI=1S/C16H13N/c1-2-8-14(9-3-1)16-15-11-5-4-7-13(15)10-6-12-17-16/h1-12,17H. The fourth-order valence-electron chi connectivity index (χ4n) is 2.07. The van der Waals surface area contributed by atoms with Gasteiger partial charge in [-0.3, -0.25) is 0 Å². The molecule has 1 heterocycles. The third kappa shape index (κ3) is 1.87. The van der Waals surface area contributed by atoms with Crippen molar-refractivity contribution in [3.63, 3.8) is 0 Å². The predicted molar refractivity (Wildman–Crippen MR) is 71.4 cm³/mol. The normalized spacial score (nSPS) is 13.3. The van der Waals surface area contributed by atoms with E-state index >= 15 is 0 Å².